The molecule has 0 saturated heterocycles. The molecule has 0 aromatic carbocycles. The van der Waals surface area contributed by atoms with Gasteiger partial charge >= 0.3 is 0 Å². The molecule has 0 rings (SSSR count). The van der Waals surface area contributed by atoms with E-state index in [9.17, 15) is 4.21 Å². The lowest BCUT2D eigenvalue weighted by molar-refractivity contribution is 0.313. The van der Waals surface area contributed by atoms with Gasteiger partial charge < -0.3 is 4.74 Å². The zero-order valence-electron chi connectivity index (χ0n) is 8.36. The molecule has 0 heterocycles. The summed E-state index contributed by atoms with van der Waals surface area (Å²) in [6.45, 7) is 6.24. The van der Waals surface area contributed by atoms with Gasteiger partial charge in [0, 0.05) is 22.3 Å². The highest BCUT2D eigenvalue weighted by Gasteiger charge is 2.00. The smallest absolute Gasteiger partial charge is 0.219 e. The molecule has 0 radical (unpaired) electrons. The van der Waals surface area contributed by atoms with Crippen LogP contribution in [0.3, 0.4) is 0 Å². The molecule has 0 fully saturated rings. The van der Waals surface area contributed by atoms with Gasteiger partial charge in [-0.25, -0.2) is 0 Å². The third-order valence-electron chi connectivity index (χ3n) is 1.41. The minimum atomic E-state index is -0.923. The Labute approximate surface area is 97.9 Å². The van der Waals surface area contributed by atoms with E-state index in [1.807, 2.05) is 0 Å². The maximum Gasteiger partial charge on any atom is 0.219 e. The maximum atomic E-state index is 10.9. The molecule has 0 amide bonds. The van der Waals surface area contributed by atoms with Gasteiger partial charge in [-0.15, -0.1) is 0 Å². The zero-order valence-corrected chi connectivity index (χ0v) is 10.8. The average Bonchev–Trinajstić information content (AvgIpc) is 2.18. The van der Waals surface area contributed by atoms with Crippen LogP contribution in [0.2, 0.25) is 0 Å². The van der Waals surface area contributed by atoms with Crippen molar-refractivity contribution in [3.05, 3.63) is 12.0 Å². The fourth-order valence-electron chi connectivity index (χ4n) is 0.632. The summed E-state index contributed by atoms with van der Waals surface area (Å²) in [5, 5.41) is 1.45. The molecule has 0 aliphatic carbocycles. The van der Waals surface area contributed by atoms with Crippen molar-refractivity contribution in [1.82, 2.24) is 0 Å². The first-order chi connectivity index (χ1) is 6.70. The fourth-order valence-corrected chi connectivity index (χ4v) is 2.46. The minimum absolute atomic E-state index is 0.555. The molecule has 0 aromatic heterocycles. The molecule has 0 aromatic rings. The third kappa shape index (κ3) is 8.72. The van der Waals surface area contributed by atoms with Crippen LogP contribution in [0.15, 0.2) is 12.0 Å². The Morgan fingerprint density at radius 3 is 3.00 bits per heavy atom. The van der Waals surface area contributed by atoms with Gasteiger partial charge in [-0.1, -0.05) is 31.7 Å². The quantitative estimate of drug-likeness (QED) is 0.514. The van der Waals surface area contributed by atoms with Crippen LogP contribution < -0.4 is 0 Å². The lowest BCUT2D eigenvalue weighted by atomic mass is 10.4. The molecule has 0 aliphatic rings. The SMILES string of the molecule is C=CS(=O)CCSC(=S)OCCCC. The summed E-state index contributed by atoms with van der Waals surface area (Å²) in [5.74, 6) is 1.31. The molecular weight excluding hydrogens is 236 g/mol. The van der Waals surface area contributed by atoms with Gasteiger partial charge in [0.1, 0.15) is 0 Å². The van der Waals surface area contributed by atoms with Gasteiger partial charge in [0.15, 0.2) is 0 Å². The topological polar surface area (TPSA) is 26.3 Å². The number of thioether (sulfide) groups is 1. The zero-order chi connectivity index (χ0) is 10.8. The van der Waals surface area contributed by atoms with Gasteiger partial charge in [-0.3, -0.25) is 4.21 Å². The van der Waals surface area contributed by atoms with Crippen LogP contribution in [0.4, 0.5) is 0 Å². The van der Waals surface area contributed by atoms with Crippen molar-refractivity contribution in [1.29, 1.82) is 0 Å². The fraction of sp³-hybridized carbons (Fsp3) is 0.667. The van der Waals surface area contributed by atoms with Gasteiger partial charge in [0.25, 0.3) is 0 Å². The number of ether oxygens (including phenoxy) is 1. The van der Waals surface area contributed by atoms with Crippen molar-refractivity contribution in [2.24, 2.45) is 0 Å². The summed E-state index contributed by atoms with van der Waals surface area (Å²) in [6.07, 6.45) is 2.13. The Hall–Kier alpha value is 0.130. The summed E-state index contributed by atoms with van der Waals surface area (Å²) in [5.41, 5.74) is 0. The largest absolute Gasteiger partial charge is 0.479 e. The molecule has 2 nitrogen and oxygen atoms in total. The van der Waals surface area contributed by atoms with Gasteiger partial charge in [-0.2, -0.15) is 0 Å². The van der Waals surface area contributed by atoms with Crippen LogP contribution in [0, 0.1) is 0 Å². The van der Waals surface area contributed by atoms with E-state index in [4.69, 9.17) is 17.0 Å². The first-order valence-electron chi connectivity index (χ1n) is 4.50. The summed E-state index contributed by atoms with van der Waals surface area (Å²) in [7, 11) is -0.923. The van der Waals surface area contributed by atoms with Crippen LogP contribution in [-0.4, -0.2) is 26.7 Å². The number of unbranched alkanes of at least 4 members (excludes halogenated alkanes) is 1. The monoisotopic (exact) mass is 252 g/mol. The van der Waals surface area contributed by atoms with Crippen molar-refractivity contribution in [3.8, 4) is 0 Å². The lowest BCUT2D eigenvalue weighted by Crippen LogP contribution is -2.03. The highest BCUT2D eigenvalue weighted by molar-refractivity contribution is 8.22. The molecule has 0 aliphatic heterocycles. The lowest BCUT2D eigenvalue weighted by Gasteiger charge is -2.04. The first kappa shape index (κ1) is 14.1. The molecule has 0 spiro atoms. The van der Waals surface area contributed by atoms with E-state index >= 15 is 0 Å². The van der Waals surface area contributed by atoms with Crippen molar-refractivity contribution in [3.63, 3.8) is 0 Å². The van der Waals surface area contributed by atoms with Gasteiger partial charge in [0.05, 0.1) is 6.61 Å². The molecule has 82 valence electrons. The number of rotatable bonds is 7. The third-order valence-corrected chi connectivity index (χ3v) is 3.88. The molecule has 0 N–H and O–H groups in total. The van der Waals surface area contributed by atoms with Crippen molar-refractivity contribution in [2.45, 2.75) is 19.8 Å². The van der Waals surface area contributed by atoms with Crippen molar-refractivity contribution >= 4 is 39.2 Å². The van der Waals surface area contributed by atoms with E-state index in [1.54, 1.807) is 0 Å². The Bertz CT molecular complexity index is 204. The van der Waals surface area contributed by atoms with Crippen molar-refractivity contribution < 1.29 is 8.95 Å². The molecule has 1 atom stereocenters. The normalized spacial score (nSPS) is 12.1. The van der Waals surface area contributed by atoms with Crippen LogP contribution in [0.5, 0.6) is 0 Å². The first-order valence-corrected chi connectivity index (χ1v) is 7.27. The van der Waals surface area contributed by atoms with Crippen LogP contribution in [-0.2, 0) is 15.5 Å². The number of thiocarbonyl (C=S) groups is 1. The second kappa shape index (κ2) is 9.68. The molecular formula is C9H16O2S3. The average molecular weight is 252 g/mol. The van der Waals surface area contributed by atoms with Crippen LogP contribution >= 0.6 is 24.0 Å². The molecule has 0 saturated carbocycles. The Morgan fingerprint density at radius 1 is 1.71 bits per heavy atom. The predicted octanol–water partition coefficient (Wildman–Crippen LogP) is 2.71. The molecule has 1 unspecified atom stereocenters. The van der Waals surface area contributed by atoms with Gasteiger partial charge in [-0.05, 0) is 24.0 Å². The molecule has 14 heavy (non-hydrogen) atoms. The highest BCUT2D eigenvalue weighted by atomic mass is 32.2. The van der Waals surface area contributed by atoms with E-state index < -0.39 is 10.8 Å². The predicted molar refractivity (Wildman–Crippen MR) is 69.1 cm³/mol. The second-order valence-corrected chi connectivity index (χ2v) is 5.75. The number of hydrogen-bond donors (Lipinski definition) is 0. The minimum Gasteiger partial charge on any atom is -0.479 e. The summed E-state index contributed by atoms with van der Waals surface area (Å²) >= 11 is 6.41. The summed E-state index contributed by atoms with van der Waals surface area (Å²) < 4.78 is 16.8. The van der Waals surface area contributed by atoms with E-state index in [0.29, 0.717) is 16.7 Å². The van der Waals surface area contributed by atoms with Crippen molar-refractivity contribution in [2.75, 3.05) is 18.1 Å². The summed E-state index contributed by atoms with van der Waals surface area (Å²) in [4.78, 5) is 0. The van der Waals surface area contributed by atoms with E-state index in [0.717, 1.165) is 18.6 Å². The molecule has 5 heteroatoms. The van der Waals surface area contributed by atoms with Crippen LogP contribution in [0.25, 0.3) is 0 Å². The number of hydrogen-bond acceptors (Lipinski definition) is 4. The molecule has 0 bridgehead atoms. The van der Waals surface area contributed by atoms with Crippen LogP contribution in [0.1, 0.15) is 19.8 Å². The Kier molecular flexibility index (Phi) is 9.77. The Morgan fingerprint density at radius 2 is 2.43 bits per heavy atom. The second-order valence-electron chi connectivity index (χ2n) is 2.55. The van der Waals surface area contributed by atoms with E-state index in [-0.39, 0.29) is 0 Å². The van der Waals surface area contributed by atoms with E-state index in [1.165, 1.54) is 17.2 Å². The summed E-state index contributed by atoms with van der Waals surface area (Å²) in [6, 6.07) is 0. The van der Waals surface area contributed by atoms with Gasteiger partial charge in [0.2, 0.25) is 4.38 Å². The standard InChI is InChI=1S/C9H16O2S3/c1-3-5-6-11-9(12)13-7-8-14(10)4-2/h4H,2-3,5-8H2,1H3. The Balaban J connectivity index is 3.35. The maximum absolute atomic E-state index is 10.9. The van der Waals surface area contributed by atoms with E-state index in [2.05, 4.69) is 13.5 Å². The highest BCUT2D eigenvalue weighted by Crippen LogP contribution is 2.07.